The van der Waals surface area contributed by atoms with E-state index in [0.29, 0.717) is 18.0 Å². The lowest BCUT2D eigenvalue weighted by atomic mass is 10.1. The van der Waals surface area contributed by atoms with Gasteiger partial charge in [0, 0.05) is 24.3 Å². The van der Waals surface area contributed by atoms with Gasteiger partial charge in [0.2, 0.25) is 5.91 Å². The third kappa shape index (κ3) is 5.82. The molecular formula is C21H25FN2O3. The molecule has 0 saturated carbocycles. The first-order valence-corrected chi connectivity index (χ1v) is 8.54. The number of hydrogen-bond acceptors (Lipinski definition) is 4. The Hall–Kier alpha value is -2.86. The van der Waals surface area contributed by atoms with Gasteiger partial charge in [0.1, 0.15) is 17.3 Å². The van der Waals surface area contributed by atoms with E-state index >= 15 is 0 Å². The highest BCUT2D eigenvalue weighted by atomic mass is 19.1. The molecule has 0 fully saturated rings. The third-order valence-corrected chi connectivity index (χ3v) is 4.18. The minimum absolute atomic E-state index is 0.131. The molecule has 0 aliphatic rings. The Kier molecular flexibility index (Phi) is 7.37. The van der Waals surface area contributed by atoms with Crippen molar-refractivity contribution in [2.24, 2.45) is 0 Å². The van der Waals surface area contributed by atoms with Crippen LogP contribution in [0.5, 0.6) is 11.5 Å². The summed E-state index contributed by atoms with van der Waals surface area (Å²) in [5.74, 6) is 0.759. The van der Waals surface area contributed by atoms with E-state index in [1.165, 1.54) is 18.2 Å². The Morgan fingerprint density at radius 3 is 2.59 bits per heavy atom. The Morgan fingerprint density at radius 1 is 1.19 bits per heavy atom. The van der Waals surface area contributed by atoms with Crippen molar-refractivity contribution >= 4 is 12.0 Å². The van der Waals surface area contributed by atoms with Crippen molar-refractivity contribution in [1.29, 1.82) is 0 Å². The largest absolute Gasteiger partial charge is 0.497 e. The Balaban J connectivity index is 2.03. The molecule has 0 aromatic heterocycles. The number of carbonyl (C=O) groups excluding carboxylic acids is 1. The third-order valence-electron chi connectivity index (χ3n) is 4.18. The minimum atomic E-state index is -0.294. The molecular weight excluding hydrogens is 347 g/mol. The second kappa shape index (κ2) is 9.73. The van der Waals surface area contributed by atoms with E-state index in [1.54, 1.807) is 38.5 Å². The van der Waals surface area contributed by atoms with E-state index < -0.39 is 0 Å². The summed E-state index contributed by atoms with van der Waals surface area (Å²) in [5.41, 5.74) is 1.57. The SMILES string of the molecule is COc1ccc(/C=C/C(=O)NCC(c2cccc(F)c2)N(C)C)c(OC)c1. The van der Waals surface area contributed by atoms with Gasteiger partial charge in [-0.3, -0.25) is 4.79 Å². The van der Waals surface area contributed by atoms with Crippen LogP contribution in [0.3, 0.4) is 0 Å². The van der Waals surface area contributed by atoms with Gasteiger partial charge in [-0.05, 0) is 50.0 Å². The van der Waals surface area contributed by atoms with E-state index in [9.17, 15) is 9.18 Å². The van der Waals surface area contributed by atoms with Crippen molar-refractivity contribution in [2.45, 2.75) is 6.04 Å². The predicted molar refractivity (Wildman–Crippen MR) is 104 cm³/mol. The number of ether oxygens (including phenoxy) is 2. The van der Waals surface area contributed by atoms with Crippen LogP contribution in [0.25, 0.3) is 6.08 Å². The van der Waals surface area contributed by atoms with Crippen LogP contribution < -0.4 is 14.8 Å². The second-order valence-electron chi connectivity index (χ2n) is 6.22. The van der Waals surface area contributed by atoms with E-state index in [-0.39, 0.29) is 17.8 Å². The number of nitrogens with one attached hydrogen (secondary N) is 1. The van der Waals surface area contributed by atoms with E-state index in [1.807, 2.05) is 31.1 Å². The summed E-state index contributed by atoms with van der Waals surface area (Å²) in [7, 11) is 6.92. The van der Waals surface area contributed by atoms with Crippen molar-refractivity contribution in [3.8, 4) is 11.5 Å². The first-order valence-electron chi connectivity index (χ1n) is 8.54. The molecule has 27 heavy (non-hydrogen) atoms. The smallest absolute Gasteiger partial charge is 0.244 e. The van der Waals surface area contributed by atoms with Gasteiger partial charge in [-0.2, -0.15) is 0 Å². The summed E-state index contributed by atoms with van der Waals surface area (Å²) in [5, 5.41) is 2.86. The summed E-state index contributed by atoms with van der Waals surface area (Å²) < 4.78 is 24.0. The van der Waals surface area contributed by atoms with Crippen molar-refractivity contribution in [3.05, 3.63) is 65.5 Å². The lowest BCUT2D eigenvalue weighted by molar-refractivity contribution is -0.116. The van der Waals surface area contributed by atoms with Gasteiger partial charge in [-0.15, -0.1) is 0 Å². The zero-order chi connectivity index (χ0) is 19.8. The average molecular weight is 372 g/mol. The average Bonchev–Trinajstić information content (AvgIpc) is 2.66. The number of amides is 1. The molecule has 6 heteroatoms. The highest BCUT2D eigenvalue weighted by Crippen LogP contribution is 2.25. The van der Waals surface area contributed by atoms with Crippen LogP contribution in [0.15, 0.2) is 48.5 Å². The lowest BCUT2D eigenvalue weighted by Crippen LogP contribution is -2.33. The Bertz CT molecular complexity index is 806. The summed E-state index contributed by atoms with van der Waals surface area (Å²) in [6, 6.07) is 11.6. The minimum Gasteiger partial charge on any atom is -0.497 e. The number of likely N-dealkylation sites (N-methyl/N-ethyl adjacent to an activating group) is 1. The normalized spacial score (nSPS) is 12.2. The monoisotopic (exact) mass is 372 g/mol. The molecule has 0 aliphatic carbocycles. The van der Waals surface area contributed by atoms with Gasteiger partial charge in [-0.25, -0.2) is 4.39 Å². The van der Waals surface area contributed by atoms with Gasteiger partial charge < -0.3 is 19.7 Å². The number of methoxy groups -OCH3 is 2. The molecule has 0 saturated heterocycles. The van der Waals surface area contributed by atoms with Crippen molar-refractivity contribution in [1.82, 2.24) is 10.2 Å². The number of hydrogen-bond donors (Lipinski definition) is 1. The highest BCUT2D eigenvalue weighted by molar-refractivity contribution is 5.92. The van der Waals surface area contributed by atoms with Crippen molar-refractivity contribution < 1.29 is 18.7 Å². The second-order valence-corrected chi connectivity index (χ2v) is 6.22. The standard InChI is InChI=1S/C21H25FN2O3/c1-24(2)19(16-6-5-7-17(22)12-16)14-23-21(25)11-9-15-8-10-18(26-3)13-20(15)27-4/h5-13,19H,14H2,1-4H3,(H,23,25)/b11-9+. The molecule has 2 rings (SSSR count). The van der Waals surface area contributed by atoms with Crippen molar-refractivity contribution in [2.75, 3.05) is 34.9 Å². The molecule has 1 unspecified atom stereocenters. The fraction of sp³-hybridized carbons (Fsp3) is 0.286. The molecule has 144 valence electrons. The maximum atomic E-state index is 13.5. The molecule has 1 N–H and O–H groups in total. The van der Waals surface area contributed by atoms with Crippen molar-refractivity contribution in [3.63, 3.8) is 0 Å². The molecule has 1 amide bonds. The summed E-state index contributed by atoms with van der Waals surface area (Å²) in [6.45, 7) is 0.360. The van der Waals surface area contributed by atoms with Crippen LogP contribution in [-0.4, -0.2) is 45.7 Å². The first-order chi connectivity index (χ1) is 12.9. The maximum Gasteiger partial charge on any atom is 0.244 e. The number of rotatable bonds is 8. The fourth-order valence-corrected chi connectivity index (χ4v) is 2.69. The van der Waals surface area contributed by atoms with Gasteiger partial charge in [0.15, 0.2) is 0 Å². The predicted octanol–water partition coefficient (Wildman–Crippen LogP) is 3.28. The summed E-state index contributed by atoms with van der Waals surface area (Å²) >= 11 is 0. The van der Waals surface area contributed by atoms with Gasteiger partial charge >= 0.3 is 0 Å². The topological polar surface area (TPSA) is 50.8 Å². The number of benzene rings is 2. The molecule has 0 heterocycles. The lowest BCUT2D eigenvalue weighted by Gasteiger charge is -2.25. The maximum absolute atomic E-state index is 13.5. The van der Waals surface area contributed by atoms with Crippen LogP contribution >= 0.6 is 0 Å². The van der Waals surface area contributed by atoms with E-state index in [4.69, 9.17) is 9.47 Å². The van der Waals surface area contributed by atoms with Crippen LogP contribution in [-0.2, 0) is 4.79 Å². The van der Waals surface area contributed by atoms with Gasteiger partial charge in [0.25, 0.3) is 0 Å². The molecule has 5 nitrogen and oxygen atoms in total. The molecule has 0 spiro atoms. The van der Waals surface area contributed by atoms with Crippen LogP contribution in [0.1, 0.15) is 17.2 Å². The zero-order valence-electron chi connectivity index (χ0n) is 16.0. The molecule has 0 bridgehead atoms. The Labute approximate surface area is 159 Å². The summed E-state index contributed by atoms with van der Waals surface area (Å²) in [4.78, 5) is 14.1. The number of halogens is 1. The quantitative estimate of drug-likeness (QED) is 0.723. The fourth-order valence-electron chi connectivity index (χ4n) is 2.69. The van der Waals surface area contributed by atoms with E-state index in [2.05, 4.69) is 5.32 Å². The van der Waals surface area contributed by atoms with Crippen LogP contribution in [0.4, 0.5) is 4.39 Å². The molecule has 0 radical (unpaired) electrons. The Morgan fingerprint density at radius 2 is 1.96 bits per heavy atom. The van der Waals surface area contributed by atoms with Gasteiger partial charge in [-0.1, -0.05) is 12.1 Å². The molecule has 2 aromatic rings. The first kappa shape index (κ1) is 20.5. The summed E-state index contributed by atoms with van der Waals surface area (Å²) in [6.07, 6.45) is 3.13. The number of nitrogens with zero attached hydrogens (tertiary/aromatic N) is 1. The number of carbonyl (C=O) groups is 1. The highest BCUT2D eigenvalue weighted by Gasteiger charge is 2.15. The molecule has 1 atom stereocenters. The van der Waals surface area contributed by atoms with Gasteiger partial charge in [0.05, 0.1) is 20.3 Å². The molecule has 0 aliphatic heterocycles. The van der Waals surface area contributed by atoms with E-state index in [0.717, 1.165) is 11.1 Å². The van der Waals surface area contributed by atoms with Crippen LogP contribution in [0.2, 0.25) is 0 Å². The molecule has 2 aromatic carbocycles. The van der Waals surface area contributed by atoms with Crippen LogP contribution in [0, 0.1) is 5.82 Å². The zero-order valence-corrected chi connectivity index (χ0v) is 16.0.